The Morgan fingerprint density at radius 2 is 1.73 bits per heavy atom. The predicted molar refractivity (Wildman–Crippen MR) is 59.5 cm³/mol. The summed E-state index contributed by atoms with van der Waals surface area (Å²) < 4.78 is 11.1. The van der Waals surface area contributed by atoms with E-state index in [1.165, 1.54) is 0 Å². The number of methoxy groups -OCH3 is 2. The molecule has 0 saturated heterocycles. The predicted octanol–water partition coefficient (Wildman–Crippen LogP) is -1.52. The Bertz CT molecular complexity index is 171. The molecular weight excluding hydrogens is 237 g/mol. The average Bonchev–Trinajstić information content (AvgIpc) is 2.14. The molecule has 0 N–H and O–H groups in total. The number of nitrogens with zero attached hydrogens (tertiary/aromatic N) is 1. The highest BCUT2D eigenvalue weighted by atomic mass is 35.5. The molecule has 0 aromatic rings. The second kappa shape index (κ2) is 9.43. The van der Waals surface area contributed by atoms with Gasteiger partial charge in [0, 0.05) is 20.1 Å². The normalized spacial score (nSPS) is 12.1. The molecule has 0 spiro atoms. The van der Waals surface area contributed by atoms with Crippen LogP contribution in [0.1, 0.15) is 0 Å². The number of likely N-dealkylation sites (N-methyl/N-ethyl adjacent to an activating group) is 1. The number of ether oxygens (including phenoxy) is 2. The first-order valence-corrected chi connectivity index (χ1v) is 5.17. The lowest BCUT2D eigenvalue weighted by Crippen LogP contribution is -3.00. The van der Waals surface area contributed by atoms with Crippen LogP contribution in [-0.4, -0.2) is 58.1 Å². The first-order valence-electron chi connectivity index (χ1n) is 4.64. The van der Waals surface area contributed by atoms with Crippen molar-refractivity contribution in [3.63, 3.8) is 0 Å². The van der Waals surface area contributed by atoms with Crippen LogP contribution in [0.4, 0.5) is 0 Å². The van der Waals surface area contributed by atoms with Crippen LogP contribution in [0.5, 0.6) is 0 Å². The molecule has 0 aliphatic rings. The molecule has 0 aliphatic heterocycles. The fourth-order valence-corrected chi connectivity index (χ4v) is 1.27. The largest absolute Gasteiger partial charge is 1.00 e. The third kappa shape index (κ3) is 9.15. The topological polar surface area (TPSA) is 18.5 Å². The maximum atomic E-state index is 5.55. The second-order valence-electron chi connectivity index (χ2n) is 3.83. The molecule has 0 amide bonds. The molecule has 3 nitrogen and oxygen atoms in total. The Labute approximate surface area is 104 Å². The van der Waals surface area contributed by atoms with Gasteiger partial charge in [-0.2, -0.15) is 0 Å². The fourth-order valence-electron chi connectivity index (χ4n) is 1.15. The zero-order valence-corrected chi connectivity index (χ0v) is 11.4. The van der Waals surface area contributed by atoms with Crippen molar-refractivity contribution in [2.45, 2.75) is 6.29 Å². The van der Waals surface area contributed by atoms with Gasteiger partial charge < -0.3 is 26.4 Å². The summed E-state index contributed by atoms with van der Waals surface area (Å²) in [6.07, 6.45) is 3.89. The van der Waals surface area contributed by atoms with Crippen molar-refractivity contribution in [3.05, 3.63) is 12.2 Å². The molecule has 92 valence electrons. The highest BCUT2D eigenvalue weighted by Crippen LogP contribution is 2.03. The van der Waals surface area contributed by atoms with Gasteiger partial charge >= 0.3 is 0 Å². The number of hydrogen-bond acceptors (Lipinski definition) is 2. The van der Waals surface area contributed by atoms with Gasteiger partial charge in [-0.05, 0) is 6.08 Å². The number of halogens is 2. The van der Waals surface area contributed by atoms with Gasteiger partial charge in [0.2, 0.25) is 6.29 Å². The molecule has 0 rings (SSSR count). The van der Waals surface area contributed by atoms with Gasteiger partial charge in [0.25, 0.3) is 0 Å². The first kappa shape index (κ1) is 17.6. The van der Waals surface area contributed by atoms with E-state index in [0.29, 0.717) is 5.88 Å². The molecule has 0 bridgehead atoms. The molecule has 5 heteroatoms. The van der Waals surface area contributed by atoms with E-state index in [0.717, 1.165) is 17.6 Å². The molecular formula is C10H21Cl2NO2. The molecule has 0 aliphatic carbocycles. The minimum Gasteiger partial charge on any atom is -1.00 e. The Morgan fingerprint density at radius 1 is 1.20 bits per heavy atom. The fraction of sp³-hybridized carbons (Fsp3) is 0.800. The maximum absolute atomic E-state index is 5.55. The summed E-state index contributed by atoms with van der Waals surface area (Å²) in [5.74, 6) is 0.567. The average molecular weight is 258 g/mol. The van der Waals surface area contributed by atoms with E-state index in [2.05, 4.69) is 20.2 Å². The monoisotopic (exact) mass is 257 g/mol. The van der Waals surface area contributed by atoms with Gasteiger partial charge in [-0.25, -0.2) is 0 Å². The number of hydrogen-bond donors (Lipinski definition) is 0. The maximum Gasteiger partial charge on any atom is 0.207 e. The number of alkyl halides is 1. The van der Waals surface area contributed by atoms with Gasteiger partial charge in [0.15, 0.2) is 0 Å². The SMILES string of the molecule is COC(C[N+](C)(C)CC=CCCl)OC.[Cl-]. The van der Waals surface area contributed by atoms with Crippen molar-refractivity contribution in [2.24, 2.45) is 0 Å². The van der Waals surface area contributed by atoms with E-state index in [-0.39, 0.29) is 18.7 Å². The molecule has 0 radical (unpaired) electrons. The van der Waals surface area contributed by atoms with E-state index in [1.54, 1.807) is 14.2 Å². The third-order valence-corrected chi connectivity index (χ3v) is 2.20. The summed E-state index contributed by atoms with van der Waals surface area (Å²) >= 11 is 5.55. The van der Waals surface area contributed by atoms with Crippen molar-refractivity contribution >= 4 is 11.6 Å². The highest BCUT2D eigenvalue weighted by molar-refractivity contribution is 6.18. The Kier molecular flexibility index (Phi) is 11.1. The standard InChI is InChI=1S/C10H21ClNO2.ClH/c1-12(2,8-6-5-7-11)9-10(13-3)14-4;/h5-6,10H,7-9H2,1-4H3;1H/q+1;/p-1. The summed E-state index contributed by atoms with van der Waals surface area (Å²) in [4.78, 5) is 0. The van der Waals surface area contributed by atoms with E-state index in [4.69, 9.17) is 21.1 Å². The van der Waals surface area contributed by atoms with Crippen LogP contribution in [-0.2, 0) is 9.47 Å². The van der Waals surface area contributed by atoms with E-state index >= 15 is 0 Å². The minimum absolute atomic E-state index is 0. The van der Waals surface area contributed by atoms with Crippen molar-refractivity contribution in [3.8, 4) is 0 Å². The molecule has 0 saturated carbocycles. The number of allylic oxidation sites excluding steroid dienone is 1. The molecule has 0 aromatic heterocycles. The zero-order chi connectivity index (χ0) is 11.0. The molecule has 0 unspecified atom stereocenters. The van der Waals surface area contributed by atoms with Crippen LogP contribution in [0, 0.1) is 0 Å². The highest BCUT2D eigenvalue weighted by Gasteiger charge is 2.19. The van der Waals surface area contributed by atoms with Gasteiger partial charge in [-0.1, -0.05) is 6.08 Å². The summed E-state index contributed by atoms with van der Waals surface area (Å²) in [6.45, 7) is 1.75. The van der Waals surface area contributed by atoms with Crippen molar-refractivity contribution < 1.29 is 26.4 Å². The van der Waals surface area contributed by atoms with Crippen molar-refractivity contribution in [1.82, 2.24) is 0 Å². The first-order chi connectivity index (χ1) is 6.55. The Balaban J connectivity index is 0. The molecule has 0 aromatic carbocycles. The van der Waals surface area contributed by atoms with Gasteiger partial charge in [-0.3, -0.25) is 0 Å². The second-order valence-corrected chi connectivity index (χ2v) is 4.14. The summed E-state index contributed by atoms with van der Waals surface area (Å²) in [7, 11) is 7.57. The lowest BCUT2D eigenvalue weighted by molar-refractivity contribution is -0.890. The molecule has 0 atom stereocenters. The van der Waals surface area contributed by atoms with Crippen LogP contribution in [0.15, 0.2) is 12.2 Å². The Morgan fingerprint density at radius 3 is 2.13 bits per heavy atom. The smallest absolute Gasteiger partial charge is 0.207 e. The van der Waals surface area contributed by atoms with Crippen LogP contribution in [0.2, 0.25) is 0 Å². The minimum atomic E-state index is -0.144. The molecule has 0 fully saturated rings. The van der Waals surface area contributed by atoms with Crippen LogP contribution in [0.3, 0.4) is 0 Å². The zero-order valence-electron chi connectivity index (χ0n) is 9.87. The molecule has 15 heavy (non-hydrogen) atoms. The van der Waals surface area contributed by atoms with E-state index < -0.39 is 0 Å². The van der Waals surface area contributed by atoms with Crippen molar-refractivity contribution in [1.29, 1.82) is 0 Å². The third-order valence-electron chi connectivity index (χ3n) is 2.02. The summed E-state index contributed by atoms with van der Waals surface area (Å²) in [5.41, 5.74) is 0. The van der Waals surface area contributed by atoms with Crippen LogP contribution < -0.4 is 12.4 Å². The summed E-state index contributed by atoms with van der Waals surface area (Å²) in [6, 6.07) is 0. The van der Waals surface area contributed by atoms with Crippen LogP contribution >= 0.6 is 11.6 Å². The quantitative estimate of drug-likeness (QED) is 0.239. The van der Waals surface area contributed by atoms with E-state index in [1.807, 2.05) is 6.08 Å². The number of quaternary nitrogens is 1. The summed E-state index contributed by atoms with van der Waals surface area (Å²) in [5, 5.41) is 0. The van der Waals surface area contributed by atoms with Crippen LogP contribution in [0.25, 0.3) is 0 Å². The lowest BCUT2D eigenvalue weighted by Gasteiger charge is -2.31. The lowest BCUT2D eigenvalue weighted by atomic mass is 10.4. The van der Waals surface area contributed by atoms with Gasteiger partial charge in [0.1, 0.15) is 6.54 Å². The molecule has 0 heterocycles. The van der Waals surface area contributed by atoms with Gasteiger partial charge in [-0.15, -0.1) is 11.6 Å². The van der Waals surface area contributed by atoms with Crippen molar-refractivity contribution in [2.75, 3.05) is 47.3 Å². The number of rotatable bonds is 7. The van der Waals surface area contributed by atoms with Gasteiger partial charge in [0.05, 0.1) is 20.6 Å². The Hall–Kier alpha value is 0.200. The van der Waals surface area contributed by atoms with E-state index in [9.17, 15) is 0 Å².